The maximum Gasteiger partial charge on any atom is 0.191 e. The van der Waals surface area contributed by atoms with Crippen LogP contribution < -0.4 is 10.6 Å². The minimum atomic E-state index is -0.520. The van der Waals surface area contributed by atoms with Gasteiger partial charge in [-0.3, -0.25) is 4.99 Å². The van der Waals surface area contributed by atoms with E-state index in [0.717, 1.165) is 31.1 Å². The zero-order valence-electron chi connectivity index (χ0n) is 16.9. The molecule has 6 nitrogen and oxygen atoms in total. The average Bonchev–Trinajstić information content (AvgIpc) is 3.31. The van der Waals surface area contributed by atoms with Crippen LogP contribution in [0, 0.1) is 5.92 Å². The van der Waals surface area contributed by atoms with Crippen molar-refractivity contribution >= 4 is 29.9 Å². The number of nitrogens with zero attached hydrogens (tertiary/aromatic N) is 2. The molecule has 1 aliphatic heterocycles. The molecule has 0 amide bonds. The van der Waals surface area contributed by atoms with E-state index in [1.807, 2.05) is 0 Å². The number of aliphatic imine (C=N–C) groups is 1. The first-order valence-electron chi connectivity index (χ1n) is 10.8. The summed E-state index contributed by atoms with van der Waals surface area (Å²) < 4.78 is 5.56. The summed E-state index contributed by atoms with van der Waals surface area (Å²) in [6.45, 7) is 6.87. The lowest BCUT2D eigenvalue weighted by Crippen LogP contribution is -2.50. The monoisotopic (exact) mass is 494 g/mol. The normalized spacial score (nSPS) is 23.9. The molecule has 2 saturated carbocycles. The number of hydrogen-bond donors (Lipinski definition) is 3. The third kappa shape index (κ3) is 8.41. The van der Waals surface area contributed by atoms with Crippen molar-refractivity contribution in [3.8, 4) is 0 Å². The molecule has 0 aromatic heterocycles. The molecule has 3 fully saturated rings. The van der Waals surface area contributed by atoms with Gasteiger partial charge in [0.2, 0.25) is 0 Å². The minimum absolute atomic E-state index is 0. The molecule has 3 aliphatic rings. The molecule has 1 heterocycles. The highest BCUT2D eigenvalue weighted by molar-refractivity contribution is 14.0. The second-order valence-electron chi connectivity index (χ2n) is 8.25. The first-order chi connectivity index (χ1) is 12.7. The van der Waals surface area contributed by atoms with E-state index in [4.69, 9.17) is 4.74 Å². The van der Waals surface area contributed by atoms with Crippen LogP contribution in [0.4, 0.5) is 0 Å². The summed E-state index contributed by atoms with van der Waals surface area (Å²) in [4.78, 5) is 7.26. The molecular weight excluding hydrogens is 455 g/mol. The van der Waals surface area contributed by atoms with Crippen LogP contribution in [0.2, 0.25) is 0 Å². The number of ether oxygens (including phenoxy) is 1. The molecule has 2 aliphatic carbocycles. The highest BCUT2D eigenvalue weighted by Gasteiger charge is 2.27. The first kappa shape index (κ1) is 23.2. The number of aliphatic hydroxyl groups excluding tert-OH is 1. The predicted octanol–water partition coefficient (Wildman–Crippen LogP) is 2.35. The van der Waals surface area contributed by atoms with Crippen LogP contribution >= 0.6 is 24.0 Å². The molecule has 0 bridgehead atoms. The second kappa shape index (κ2) is 12.4. The van der Waals surface area contributed by atoms with E-state index >= 15 is 0 Å². The molecule has 0 aromatic rings. The van der Waals surface area contributed by atoms with Gasteiger partial charge >= 0.3 is 0 Å². The molecule has 27 heavy (non-hydrogen) atoms. The van der Waals surface area contributed by atoms with Gasteiger partial charge in [-0.15, -0.1) is 24.0 Å². The molecule has 7 heteroatoms. The van der Waals surface area contributed by atoms with E-state index in [1.54, 1.807) is 0 Å². The van der Waals surface area contributed by atoms with Crippen LogP contribution in [-0.4, -0.2) is 73.5 Å². The van der Waals surface area contributed by atoms with Crippen LogP contribution in [0.5, 0.6) is 0 Å². The summed E-state index contributed by atoms with van der Waals surface area (Å²) in [7, 11) is 0. The van der Waals surface area contributed by atoms with Crippen molar-refractivity contribution in [3.63, 3.8) is 0 Å². The predicted molar refractivity (Wildman–Crippen MR) is 121 cm³/mol. The van der Waals surface area contributed by atoms with Crippen LogP contribution in [0.15, 0.2) is 4.99 Å². The van der Waals surface area contributed by atoms with Gasteiger partial charge in [-0.1, -0.05) is 12.8 Å². The molecule has 158 valence electrons. The fourth-order valence-electron chi connectivity index (χ4n) is 4.10. The van der Waals surface area contributed by atoms with E-state index in [-0.39, 0.29) is 24.0 Å². The van der Waals surface area contributed by atoms with E-state index in [0.29, 0.717) is 19.2 Å². The quantitative estimate of drug-likeness (QED) is 0.261. The summed E-state index contributed by atoms with van der Waals surface area (Å²) in [6.07, 6.45) is 9.99. The number of halogens is 1. The van der Waals surface area contributed by atoms with Gasteiger partial charge < -0.3 is 25.4 Å². The summed E-state index contributed by atoms with van der Waals surface area (Å²) in [6, 6.07) is 1.32. The van der Waals surface area contributed by atoms with Crippen molar-refractivity contribution in [2.45, 2.75) is 76.5 Å². The molecule has 1 unspecified atom stereocenters. The van der Waals surface area contributed by atoms with Crippen molar-refractivity contribution in [2.24, 2.45) is 10.9 Å². The minimum Gasteiger partial charge on any atom is -0.389 e. The van der Waals surface area contributed by atoms with E-state index in [1.165, 1.54) is 64.5 Å². The van der Waals surface area contributed by atoms with E-state index in [2.05, 4.69) is 27.4 Å². The smallest absolute Gasteiger partial charge is 0.191 e. The third-order valence-corrected chi connectivity index (χ3v) is 5.88. The topological polar surface area (TPSA) is 69.1 Å². The molecular formula is C20H39IN4O2. The van der Waals surface area contributed by atoms with E-state index in [9.17, 15) is 5.11 Å². The molecule has 1 saturated heterocycles. The van der Waals surface area contributed by atoms with Gasteiger partial charge in [-0.05, 0) is 51.4 Å². The summed E-state index contributed by atoms with van der Waals surface area (Å²) in [5, 5.41) is 16.9. The Kier molecular flexibility index (Phi) is 10.7. The van der Waals surface area contributed by atoms with E-state index < -0.39 is 6.10 Å². The molecule has 3 N–H and O–H groups in total. The zero-order chi connectivity index (χ0) is 18.2. The molecule has 0 spiro atoms. The largest absolute Gasteiger partial charge is 0.389 e. The van der Waals surface area contributed by atoms with Gasteiger partial charge in [0.15, 0.2) is 5.96 Å². The summed E-state index contributed by atoms with van der Waals surface area (Å²) in [5.41, 5.74) is 0. The van der Waals surface area contributed by atoms with Gasteiger partial charge in [0.25, 0.3) is 0 Å². The zero-order valence-corrected chi connectivity index (χ0v) is 19.2. The number of rotatable bonds is 9. The Morgan fingerprint density at radius 1 is 1.15 bits per heavy atom. The van der Waals surface area contributed by atoms with Crippen LogP contribution in [0.3, 0.4) is 0 Å². The van der Waals surface area contributed by atoms with Gasteiger partial charge in [-0.25, -0.2) is 0 Å². The first-order valence-corrected chi connectivity index (χ1v) is 10.8. The number of nitrogens with one attached hydrogen (secondary N) is 2. The van der Waals surface area contributed by atoms with Crippen LogP contribution in [0.25, 0.3) is 0 Å². The number of aliphatic hydroxyl groups is 1. The average molecular weight is 494 g/mol. The Bertz CT molecular complexity index is 434. The highest BCUT2D eigenvalue weighted by Crippen LogP contribution is 2.28. The Labute approximate surface area is 181 Å². The van der Waals surface area contributed by atoms with Crippen LogP contribution in [0.1, 0.15) is 58.3 Å². The Hall–Kier alpha value is -0.120. The summed E-state index contributed by atoms with van der Waals surface area (Å²) in [5.74, 6) is 1.56. The second-order valence-corrected chi connectivity index (χ2v) is 8.25. The van der Waals surface area contributed by atoms with Gasteiger partial charge in [0, 0.05) is 38.3 Å². The lowest BCUT2D eigenvalue weighted by molar-refractivity contribution is 0.0368. The van der Waals surface area contributed by atoms with Gasteiger partial charge in [0.1, 0.15) is 0 Å². The highest BCUT2D eigenvalue weighted by atomic mass is 127. The maximum absolute atomic E-state index is 10.1. The van der Waals surface area contributed by atoms with Gasteiger partial charge in [0.05, 0.1) is 19.3 Å². The SMILES string of the molecule is CCNC(=NCC(O)COCC1CC1)NC1CCN(C2CCCC2)CC1.I. The fourth-order valence-corrected chi connectivity index (χ4v) is 4.10. The molecule has 0 aromatic carbocycles. The van der Waals surface area contributed by atoms with Crippen molar-refractivity contribution in [2.75, 3.05) is 39.4 Å². The van der Waals surface area contributed by atoms with Crippen LogP contribution in [-0.2, 0) is 4.74 Å². The number of hydrogen-bond acceptors (Lipinski definition) is 4. The molecule has 1 atom stereocenters. The maximum atomic E-state index is 10.1. The van der Waals surface area contributed by atoms with Crippen molar-refractivity contribution < 1.29 is 9.84 Å². The summed E-state index contributed by atoms with van der Waals surface area (Å²) >= 11 is 0. The Balaban J connectivity index is 0.00000261. The molecule has 0 radical (unpaired) electrons. The lowest BCUT2D eigenvalue weighted by atomic mass is 10.0. The molecule has 3 rings (SSSR count). The lowest BCUT2D eigenvalue weighted by Gasteiger charge is -2.36. The van der Waals surface area contributed by atoms with Crippen molar-refractivity contribution in [3.05, 3.63) is 0 Å². The number of piperidine rings is 1. The Morgan fingerprint density at radius 2 is 1.85 bits per heavy atom. The Morgan fingerprint density at radius 3 is 2.48 bits per heavy atom. The van der Waals surface area contributed by atoms with Crippen molar-refractivity contribution in [1.29, 1.82) is 0 Å². The van der Waals surface area contributed by atoms with Crippen molar-refractivity contribution in [1.82, 2.24) is 15.5 Å². The van der Waals surface area contributed by atoms with Gasteiger partial charge in [-0.2, -0.15) is 0 Å². The fraction of sp³-hybridized carbons (Fsp3) is 0.950. The third-order valence-electron chi connectivity index (χ3n) is 5.88. The standard InChI is InChI=1S/C20H38N4O2.HI/c1-2-21-20(22-13-19(25)15-26-14-16-7-8-16)23-17-9-11-24(12-10-17)18-5-3-4-6-18;/h16-19,25H,2-15H2,1H3,(H2,21,22,23);1H. The number of likely N-dealkylation sites (tertiary alicyclic amines) is 1. The number of guanidine groups is 1.